The fraction of sp³-hybridized carbons (Fsp3) is 0.448. The van der Waals surface area contributed by atoms with Crippen LogP contribution in [-0.4, -0.2) is 80.1 Å². The van der Waals surface area contributed by atoms with Crippen LogP contribution in [0.3, 0.4) is 0 Å². The predicted molar refractivity (Wildman–Crippen MR) is 160 cm³/mol. The number of nitrogens with zero attached hydrogens (tertiary/aromatic N) is 7. The maximum Gasteiger partial charge on any atom is 0.229 e. The van der Waals surface area contributed by atoms with Crippen LogP contribution in [0.25, 0.3) is 22.3 Å². The van der Waals surface area contributed by atoms with Gasteiger partial charge < -0.3 is 19.6 Å². The van der Waals surface area contributed by atoms with Crippen LogP contribution in [0.1, 0.15) is 31.3 Å². The molecular weight excluding hydrogens is 542 g/mol. The molecule has 1 fully saturated rings. The summed E-state index contributed by atoms with van der Waals surface area (Å²) in [5.74, 6) is 0.217. The Hall–Kier alpha value is -3.32. The summed E-state index contributed by atoms with van der Waals surface area (Å²) < 4.78 is 31.8. The third-order valence-corrected chi connectivity index (χ3v) is 8.88. The molecular formula is C29H38F2N8OSi. The molecule has 1 aliphatic heterocycles. The van der Waals surface area contributed by atoms with Crippen LogP contribution >= 0.6 is 0 Å². The minimum Gasteiger partial charge on any atom is -0.432 e. The number of aryl methyl sites for hydroxylation is 1. The lowest BCUT2D eigenvalue weighted by Gasteiger charge is -2.35. The fourth-order valence-corrected chi connectivity index (χ4v) is 6.12. The number of nitrogens with one attached hydrogen (secondary N) is 1. The molecule has 0 spiro atoms. The van der Waals surface area contributed by atoms with Gasteiger partial charge in [-0.15, -0.1) is 0 Å². The Morgan fingerprint density at radius 1 is 0.976 bits per heavy atom. The number of rotatable bonds is 9. The normalized spacial score (nSPS) is 15.2. The summed E-state index contributed by atoms with van der Waals surface area (Å²) in [5.41, 5.74) is 2.25. The first-order chi connectivity index (χ1) is 19.5. The molecule has 0 atom stereocenters. The van der Waals surface area contributed by atoms with E-state index in [1.54, 1.807) is 6.07 Å². The van der Waals surface area contributed by atoms with Gasteiger partial charge in [-0.25, -0.2) is 28.7 Å². The molecule has 3 aromatic heterocycles. The third kappa shape index (κ3) is 6.95. The predicted octanol–water partition coefficient (Wildman–Crippen LogP) is 5.11. The maximum absolute atomic E-state index is 15.0. The topological polar surface area (TPSA) is 95.2 Å². The number of benzene rings is 1. The minimum atomic E-state index is -2.01. The van der Waals surface area contributed by atoms with Gasteiger partial charge in [-0.3, -0.25) is 4.90 Å². The Bertz CT molecular complexity index is 1510. The molecule has 0 aliphatic carbocycles. The van der Waals surface area contributed by atoms with Crippen molar-refractivity contribution in [3.05, 3.63) is 59.7 Å². The van der Waals surface area contributed by atoms with Gasteiger partial charge in [0.15, 0.2) is 20.0 Å². The van der Waals surface area contributed by atoms with Gasteiger partial charge in [-0.05, 0) is 70.2 Å². The average Bonchev–Trinajstić information content (AvgIpc) is 3.26. The monoisotopic (exact) mass is 580 g/mol. The number of fused-ring (bicyclic) bond motifs is 1. The highest BCUT2D eigenvalue weighted by molar-refractivity contribution is 6.69. The van der Waals surface area contributed by atoms with Gasteiger partial charge in [0.05, 0.1) is 11.7 Å². The van der Waals surface area contributed by atoms with E-state index < -0.39 is 20.0 Å². The summed E-state index contributed by atoms with van der Waals surface area (Å²) in [4.78, 5) is 32.2. The van der Waals surface area contributed by atoms with E-state index in [4.69, 9.17) is 0 Å². The third-order valence-electron chi connectivity index (χ3n) is 7.43. The molecule has 0 saturated carbocycles. The Morgan fingerprint density at radius 2 is 1.71 bits per heavy atom. The van der Waals surface area contributed by atoms with Crippen molar-refractivity contribution < 1.29 is 13.6 Å². The second-order valence-corrected chi connectivity index (χ2v) is 15.8. The molecule has 2 N–H and O–H groups in total. The van der Waals surface area contributed by atoms with Crippen LogP contribution in [0.5, 0.6) is 0 Å². The molecule has 4 heterocycles. The van der Waals surface area contributed by atoms with Crippen LogP contribution in [0.2, 0.25) is 19.1 Å². The Kier molecular flexibility index (Phi) is 8.46. The van der Waals surface area contributed by atoms with Crippen LogP contribution in [0, 0.1) is 18.6 Å². The van der Waals surface area contributed by atoms with E-state index in [2.05, 4.69) is 35.1 Å². The number of piperazine rings is 1. The van der Waals surface area contributed by atoms with E-state index in [1.807, 2.05) is 56.8 Å². The zero-order chi connectivity index (χ0) is 29.3. The highest BCUT2D eigenvalue weighted by Crippen LogP contribution is 2.30. The number of imidazole rings is 1. The van der Waals surface area contributed by atoms with Gasteiger partial charge in [-0.1, -0.05) is 6.07 Å². The van der Waals surface area contributed by atoms with E-state index in [1.165, 1.54) is 6.07 Å². The standard InChI is InChI=1S/C29H38F2N8OSi/c1-19(2)39-20(3)34-28-23(30)14-22(15-25(28)39)27-24(31)17-33-29(36-27)35-26-7-6-21(16-32-26)18-38-10-8-37(9-11-38)12-13-41(4,5)40/h6-7,14-17,19,40H,8-13,18H2,1-5H3,(H,32,33,35,36). The van der Waals surface area contributed by atoms with Gasteiger partial charge in [0.25, 0.3) is 0 Å². The van der Waals surface area contributed by atoms with Crippen molar-refractivity contribution in [3.63, 3.8) is 0 Å². The highest BCUT2D eigenvalue weighted by Gasteiger charge is 2.22. The van der Waals surface area contributed by atoms with Crippen LogP contribution in [-0.2, 0) is 6.54 Å². The molecule has 1 aromatic carbocycles. The van der Waals surface area contributed by atoms with Crippen molar-refractivity contribution in [3.8, 4) is 11.3 Å². The summed E-state index contributed by atoms with van der Waals surface area (Å²) in [6.45, 7) is 15.5. The lowest BCUT2D eigenvalue weighted by molar-refractivity contribution is 0.131. The van der Waals surface area contributed by atoms with Crippen molar-refractivity contribution >= 4 is 31.1 Å². The van der Waals surface area contributed by atoms with Crippen molar-refractivity contribution in [2.24, 2.45) is 0 Å². The summed E-state index contributed by atoms with van der Waals surface area (Å²) in [5, 5.41) is 3.04. The molecule has 1 aliphatic rings. The first-order valence-corrected chi connectivity index (χ1v) is 17.2. The van der Waals surface area contributed by atoms with Crippen molar-refractivity contribution in [2.45, 2.75) is 52.5 Å². The second-order valence-electron chi connectivity index (χ2n) is 11.7. The van der Waals surface area contributed by atoms with E-state index in [-0.39, 0.29) is 23.2 Å². The van der Waals surface area contributed by atoms with Gasteiger partial charge in [0.1, 0.15) is 22.9 Å². The Morgan fingerprint density at radius 3 is 2.37 bits per heavy atom. The summed E-state index contributed by atoms with van der Waals surface area (Å²) >= 11 is 0. The number of halogens is 2. The lowest BCUT2D eigenvalue weighted by Crippen LogP contribution is -2.47. The lowest BCUT2D eigenvalue weighted by atomic mass is 10.1. The molecule has 5 rings (SSSR count). The number of aromatic nitrogens is 5. The molecule has 0 radical (unpaired) electrons. The zero-order valence-corrected chi connectivity index (χ0v) is 25.3. The van der Waals surface area contributed by atoms with Crippen molar-refractivity contribution in [1.82, 2.24) is 34.3 Å². The molecule has 12 heteroatoms. The highest BCUT2D eigenvalue weighted by atomic mass is 28.4. The van der Waals surface area contributed by atoms with E-state index in [0.29, 0.717) is 22.7 Å². The van der Waals surface area contributed by atoms with Gasteiger partial charge in [-0.2, -0.15) is 0 Å². The molecule has 9 nitrogen and oxygen atoms in total. The molecule has 218 valence electrons. The van der Waals surface area contributed by atoms with Crippen LogP contribution in [0.15, 0.2) is 36.7 Å². The van der Waals surface area contributed by atoms with Gasteiger partial charge in [0.2, 0.25) is 5.95 Å². The molecule has 0 unspecified atom stereocenters. The SMILES string of the molecule is Cc1nc2c(F)cc(-c3nc(Nc4ccc(CN5CCN(CC[Si](C)(C)O)CC5)cn4)ncc3F)cc2n1C(C)C. The van der Waals surface area contributed by atoms with Crippen LogP contribution in [0.4, 0.5) is 20.5 Å². The van der Waals surface area contributed by atoms with E-state index >= 15 is 0 Å². The molecule has 0 bridgehead atoms. The van der Waals surface area contributed by atoms with E-state index in [0.717, 1.165) is 57.1 Å². The van der Waals surface area contributed by atoms with Crippen molar-refractivity contribution in [1.29, 1.82) is 0 Å². The quantitative estimate of drug-likeness (QED) is 0.264. The number of hydrogen-bond donors (Lipinski definition) is 2. The smallest absolute Gasteiger partial charge is 0.229 e. The summed E-state index contributed by atoms with van der Waals surface area (Å²) in [6, 6.07) is 7.80. The molecule has 4 aromatic rings. The average molecular weight is 581 g/mol. The van der Waals surface area contributed by atoms with E-state index in [9.17, 15) is 13.6 Å². The molecule has 41 heavy (non-hydrogen) atoms. The Labute approximate surface area is 240 Å². The first-order valence-electron chi connectivity index (χ1n) is 14.1. The number of hydrogen-bond acceptors (Lipinski definition) is 8. The fourth-order valence-electron chi connectivity index (χ4n) is 5.25. The first kappa shape index (κ1) is 29.2. The Balaban J connectivity index is 1.25. The molecule has 0 amide bonds. The minimum absolute atomic E-state index is 0.00174. The van der Waals surface area contributed by atoms with Gasteiger partial charge in [0, 0.05) is 50.5 Å². The van der Waals surface area contributed by atoms with Crippen molar-refractivity contribution in [2.75, 3.05) is 38.0 Å². The zero-order valence-electron chi connectivity index (χ0n) is 24.3. The number of anilines is 2. The molecule has 1 saturated heterocycles. The summed E-state index contributed by atoms with van der Waals surface area (Å²) in [7, 11) is -2.01. The largest absolute Gasteiger partial charge is 0.432 e. The van der Waals surface area contributed by atoms with Crippen LogP contribution < -0.4 is 5.32 Å². The summed E-state index contributed by atoms with van der Waals surface area (Å²) in [6.07, 6.45) is 2.90. The number of pyridine rings is 1. The second kappa shape index (κ2) is 11.9. The maximum atomic E-state index is 15.0. The van der Waals surface area contributed by atoms with Gasteiger partial charge >= 0.3 is 0 Å².